The van der Waals surface area contributed by atoms with Gasteiger partial charge in [-0.1, -0.05) is 25.1 Å². The molecule has 1 aliphatic rings. The summed E-state index contributed by atoms with van der Waals surface area (Å²) in [6, 6.07) is 6.19. The Bertz CT molecular complexity index is 382. The number of ether oxygens (including phenoxy) is 1. The van der Waals surface area contributed by atoms with Gasteiger partial charge in [0.1, 0.15) is 11.5 Å². The zero-order chi connectivity index (χ0) is 10.8. The Labute approximate surface area is 90.3 Å². The van der Waals surface area contributed by atoms with Crippen LogP contribution in [0.25, 0.3) is 0 Å². The molecule has 1 aliphatic heterocycles. The number of benzene rings is 1. The molecule has 0 saturated carbocycles. The number of carbonyl (C=O) groups is 1. The Morgan fingerprint density at radius 3 is 3.00 bits per heavy atom. The highest BCUT2D eigenvalue weighted by molar-refractivity contribution is 5.79. The van der Waals surface area contributed by atoms with Crippen LogP contribution < -0.4 is 4.74 Å². The predicted molar refractivity (Wildman–Crippen MR) is 59.2 cm³/mol. The number of hydrogen-bond acceptors (Lipinski definition) is 2. The van der Waals surface area contributed by atoms with Gasteiger partial charge in [0.2, 0.25) is 0 Å². The molecular weight excluding hydrogens is 188 g/mol. The number of aryl methyl sites for hydroxylation is 1. The zero-order valence-electron chi connectivity index (χ0n) is 9.25. The normalized spacial score (nSPS) is 19.2. The molecule has 2 heteroatoms. The molecule has 0 amide bonds. The molecule has 2 nitrogen and oxygen atoms in total. The molecule has 1 aromatic rings. The minimum atomic E-state index is 0.0459. The van der Waals surface area contributed by atoms with Gasteiger partial charge in [-0.05, 0) is 30.9 Å². The SMILES string of the molecule is CCc1cccc2c1OCC(C(C)=O)C2. The molecule has 1 heterocycles. The summed E-state index contributed by atoms with van der Waals surface area (Å²) in [7, 11) is 0. The Balaban J connectivity index is 2.31. The summed E-state index contributed by atoms with van der Waals surface area (Å²) in [6.07, 6.45) is 1.81. The average molecular weight is 204 g/mol. The Kier molecular flexibility index (Phi) is 2.76. The molecule has 2 rings (SSSR count). The van der Waals surface area contributed by atoms with E-state index in [9.17, 15) is 4.79 Å². The standard InChI is InChI=1S/C13H16O2/c1-3-10-5-4-6-11-7-12(9(2)14)8-15-13(10)11/h4-6,12H,3,7-8H2,1-2H3. The number of hydrogen-bond donors (Lipinski definition) is 0. The van der Waals surface area contributed by atoms with Crippen LogP contribution in [0.15, 0.2) is 18.2 Å². The number of rotatable bonds is 2. The minimum Gasteiger partial charge on any atom is -0.492 e. The first-order valence-corrected chi connectivity index (χ1v) is 5.46. The van der Waals surface area contributed by atoms with Gasteiger partial charge in [-0.3, -0.25) is 4.79 Å². The summed E-state index contributed by atoms with van der Waals surface area (Å²) < 4.78 is 5.70. The van der Waals surface area contributed by atoms with E-state index >= 15 is 0 Å². The van der Waals surface area contributed by atoms with Crippen molar-refractivity contribution in [3.8, 4) is 5.75 Å². The molecular formula is C13H16O2. The van der Waals surface area contributed by atoms with Crippen LogP contribution in [0.2, 0.25) is 0 Å². The van der Waals surface area contributed by atoms with Gasteiger partial charge in [-0.25, -0.2) is 0 Å². The minimum absolute atomic E-state index is 0.0459. The third kappa shape index (κ3) is 1.89. The van der Waals surface area contributed by atoms with Crippen molar-refractivity contribution >= 4 is 5.78 Å². The molecule has 1 unspecified atom stereocenters. The highest BCUT2D eigenvalue weighted by atomic mass is 16.5. The van der Waals surface area contributed by atoms with Crippen LogP contribution in [-0.2, 0) is 17.6 Å². The van der Waals surface area contributed by atoms with E-state index in [1.165, 1.54) is 11.1 Å². The van der Waals surface area contributed by atoms with Crippen LogP contribution in [0.3, 0.4) is 0 Å². The Morgan fingerprint density at radius 1 is 1.53 bits per heavy atom. The van der Waals surface area contributed by atoms with Gasteiger partial charge in [0.25, 0.3) is 0 Å². The molecule has 1 atom stereocenters. The molecule has 0 fully saturated rings. The lowest BCUT2D eigenvalue weighted by atomic mass is 9.92. The van der Waals surface area contributed by atoms with E-state index in [-0.39, 0.29) is 11.7 Å². The van der Waals surface area contributed by atoms with Crippen molar-refractivity contribution in [2.24, 2.45) is 5.92 Å². The van der Waals surface area contributed by atoms with Crippen LogP contribution in [0, 0.1) is 5.92 Å². The maximum Gasteiger partial charge on any atom is 0.136 e. The van der Waals surface area contributed by atoms with E-state index in [0.29, 0.717) is 6.61 Å². The molecule has 0 spiro atoms. The summed E-state index contributed by atoms with van der Waals surface area (Å²) in [5.74, 6) is 1.28. The van der Waals surface area contributed by atoms with Crippen molar-refractivity contribution in [3.05, 3.63) is 29.3 Å². The summed E-state index contributed by atoms with van der Waals surface area (Å²) >= 11 is 0. The van der Waals surface area contributed by atoms with Crippen LogP contribution >= 0.6 is 0 Å². The topological polar surface area (TPSA) is 26.3 Å². The van der Waals surface area contributed by atoms with Crippen molar-refractivity contribution in [1.29, 1.82) is 0 Å². The van der Waals surface area contributed by atoms with Crippen molar-refractivity contribution in [2.45, 2.75) is 26.7 Å². The van der Waals surface area contributed by atoms with E-state index in [2.05, 4.69) is 19.1 Å². The number of para-hydroxylation sites is 1. The van der Waals surface area contributed by atoms with Crippen LogP contribution in [0.4, 0.5) is 0 Å². The molecule has 15 heavy (non-hydrogen) atoms. The fraction of sp³-hybridized carbons (Fsp3) is 0.462. The monoisotopic (exact) mass is 204 g/mol. The third-order valence-electron chi connectivity index (χ3n) is 3.03. The second-order valence-electron chi connectivity index (χ2n) is 4.08. The second-order valence-corrected chi connectivity index (χ2v) is 4.08. The first-order chi connectivity index (χ1) is 7.22. The summed E-state index contributed by atoms with van der Waals surface area (Å²) in [5, 5.41) is 0. The number of carbonyl (C=O) groups excluding carboxylic acids is 1. The first-order valence-electron chi connectivity index (χ1n) is 5.46. The molecule has 0 radical (unpaired) electrons. The second kappa shape index (κ2) is 4.05. The Hall–Kier alpha value is -1.31. The molecule has 0 N–H and O–H groups in total. The molecule has 80 valence electrons. The van der Waals surface area contributed by atoms with Crippen molar-refractivity contribution in [2.75, 3.05) is 6.61 Å². The van der Waals surface area contributed by atoms with E-state index < -0.39 is 0 Å². The predicted octanol–water partition coefficient (Wildman–Crippen LogP) is 2.39. The Morgan fingerprint density at radius 2 is 2.33 bits per heavy atom. The van der Waals surface area contributed by atoms with Crippen molar-refractivity contribution in [1.82, 2.24) is 0 Å². The van der Waals surface area contributed by atoms with Gasteiger partial charge < -0.3 is 4.74 Å². The fourth-order valence-electron chi connectivity index (χ4n) is 2.03. The zero-order valence-corrected chi connectivity index (χ0v) is 9.25. The maximum atomic E-state index is 11.3. The molecule has 0 aromatic heterocycles. The lowest BCUT2D eigenvalue weighted by molar-refractivity contribution is -0.121. The maximum absolute atomic E-state index is 11.3. The van der Waals surface area contributed by atoms with E-state index in [0.717, 1.165) is 18.6 Å². The van der Waals surface area contributed by atoms with Crippen LogP contribution in [0.5, 0.6) is 5.75 Å². The highest BCUT2D eigenvalue weighted by Gasteiger charge is 2.24. The van der Waals surface area contributed by atoms with Gasteiger partial charge >= 0.3 is 0 Å². The molecule has 0 saturated heterocycles. The van der Waals surface area contributed by atoms with Gasteiger partial charge in [0, 0.05) is 0 Å². The van der Waals surface area contributed by atoms with Gasteiger partial charge in [-0.15, -0.1) is 0 Å². The van der Waals surface area contributed by atoms with E-state index in [4.69, 9.17) is 4.74 Å². The van der Waals surface area contributed by atoms with Gasteiger partial charge in [0.15, 0.2) is 0 Å². The van der Waals surface area contributed by atoms with E-state index in [1.54, 1.807) is 6.92 Å². The molecule has 1 aromatic carbocycles. The van der Waals surface area contributed by atoms with E-state index in [1.807, 2.05) is 6.07 Å². The largest absolute Gasteiger partial charge is 0.492 e. The average Bonchev–Trinajstić information content (AvgIpc) is 2.27. The van der Waals surface area contributed by atoms with Crippen LogP contribution in [-0.4, -0.2) is 12.4 Å². The molecule has 0 aliphatic carbocycles. The summed E-state index contributed by atoms with van der Waals surface area (Å²) in [5.41, 5.74) is 2.43. The fourth-order valence-corrected chi connectivity index (χ4v) is 2.03. The van der Waals surface area contributed by atoms with Crippen molar-refractivity contribution < 1.29 is 9.53 Å². The molecule has 0 bridgehead atoms. The number of ketones is 1. The summed E-state index contributed by atoms with van der Waals surface area (Å²) in [6.45, 7) is 4.30. The van der Waals surface area contributed by atoms with Gasteiger partial charge in [-0.2, -0.15) is 0 Å². The number of Topliss-reactive ketones (excluding diaryl/α,β-unsaturated/α-hetero) is 1. The smallest absolute Gasteiger partial charge is 0.136 e. The number of fused-ring (bicyclic) bond motifs is 1. The first kappa shape index (κ1) is 10.2. The van der Waals surface area contributed by atoms with Crippen molar-refractivity contribution in [3.63, 3.8) is 0 Å². The van der Waals surface area contributed by atoms with Gasteiger partial charge in [0.05, 0.1) is 12.5 Å². The van der Waals surface area contributed by atoms with Crippen LogP contribution in [0.1, 0.15) is 25.0 Å². The lowest BCUT2D eigenvalue weighted by Gasteiger charge is -2.25. The quantitative estimate of drug-likeness (QED) is 0.739. The third-order valence-corrected chi connectivity index (χ3v) is 3.03. The highest BCUT2D eigenvalue weighted by Crippen LogP contribution is 2.31. The summed E-state index contributed by atoms with van der Waals surface area (Å²) in [4.78, 5) is 11.3. The lowest BCUT2D eigenvalue weighted by Crippen LogP contribution is -2.27.